The molecule has 0 aliphatic heterocycles. The number of rotatable bonds is 9. The minimum Gasteiger partial charge on any atom is -0.497 e. The van der Waals surface area contributed by atoms with E-state index in [1.54, 1.807) is 36.4 Å². The number of ether oxygens (including phenoxy) is 1. The van der Waals surface area contributed by atoms with Gasteiger partial charge >= 0.3 is 0 Å². The van der Waals surface area contributed by atoms with Crippen molar-refractivity contribution in [3.05, 3.63) is 71.9 Å². The molecule has 2 aromatic rings. The first-order valence-corrected chi connectivity index (χ1v) is 10.3. The zero-order valence-corrected chi connectivity index (χ0v) is 19.1. The van der Waals surface area contributed by atoms with Crippen molar-refractivity contribution in [2.24, 2.45) is 11.7 Å². The highest BCUT2D eigenvalue weighted by Gasteiger charge is 2.15. The summed E-state index contributed by atoms with van der Waals surface area (Å²) in [5.41, 5.74) is 5.94. The SMILES string of the molecule is C=CC(C/C=C/C(=O)Nc1ccc(OC)cc1C(=O)Nc1ccc(Cl)cn1)C(=N)N.CC. The minimum atomic E-state index is -0.480. The molecule has 0 saturated heterocycles. The van der Waals surface area contributed by atoms with Gasteiger partial charge in [0.05, 0.1) is 29.2 Å². The number of hydrogen-bond donors (Lipinski definition) is 4. The topological polar surface area (TPSA) is 130 Å². The maximum absolute atomic E-state index is 12.7. The number of benzene rings is 1. The van der Waals surface area contributed by atoms with Gasteiger partial charge in [-0.3, -0.25) is 15.0 Å². The third-order valence-corrected chi connectivity index (χ3v) is 4.27. The maximum atomic E-state index is 12.7. The summed E-state index contributed by atoms with van der Waals surface area (Å²) in [5, 5.41) is 13.2. The van der Waals surface area contributed by atoms with Gasteiger partial charge in [-0.05, 0) is 42.8 Å². The van der Waals surface area contributed by atoms with Crippen LogP contribution in [-0.4, -0.2) is 29.7 Å². The fourth-order valence-corrected chi connectivity index (χ4v) is 2.54. The van der Waals surface area contributed by atoms with E-state index in [1.165, 1.54) is 25.4 Å². The van der Waals surface area contributed by atoms with Crippen LogP contribution in [0, 0.1) is 11.3 Å². The average Bonchev–Trinajstić information content (AvgIpc) is 2.79. The van der Waals surface area contributed by atoms with Crippen LogP contribution in [0.1, 0.15) is 30.6 Å². The van der Waals surface area contributed by atoms with E-state index in [0.29, 0.717) is 28.7 Å². The van der Waals surface area contributed by atoms with Crippen LogP contribution in [0.15, 0.2) is 61.3 Å². The molecule has 1 unspecified atom stereocenters. The molecule has 1 heterocycles. The second-order valence-electron chi connectivity index (χ2n) is 6.15. The number of amides is 2. The summed E-state index contributed by atoms with van der Waals surface area (Å²) in [6, 6.07) is 7.86. The van der Waals surface area contributed by atoms with Crippen LogP contribution >= 0.6 is 11.6 Å². The van der Waals surface area contributed by atoms with E-state index in [-0.39, 0.29) is 17.3 Å². The Hall–Kier alpha value is -3.65. The lowest BCUT2D eigenvalue weighted by molar-refractivity contribution is -0.111. The van der Waals surface area contributed by atoms with Gasteiger partial charge in [-0.25, -0.2) is 4.98 Å². The molecular weight excluding hydrogens is 430 g/mol. The van der Waals surface area contributed by atoms with Crippen molar-refractivity contribution in [1.29, 1.82) is 5.41 Å². The van der Waals surface area contributed by atoms with Crippen LogP contribution < -0.4 is 21.1 Å². The molecule has 0 aliphatic carbocycles. The number of allylic oxidation sites excluding steroid dienone is 1. The predicted molar refractivity (Wildman–Crippen MR) is 130 cm³/mol. The molecule has 0 radical (unpaired) electrons. The van der Waals surface area contributed by atoms with Crippen LogP contribution in [0.2, 0.25) is 5.02 Å². The smallest absolute Gasteiger partial charge is 0.259 e. The van der Waals surface area contributed by atoms with E-state index < -0.39 is 11.8 Å². The fraction of sp³-hybridized carbons (Fsp3) is 0.217. The third kappa shape index (κ3) is 8.23. The van der Waals surface area contributed by atoms with E-state index in [4.69, 9.17) is 27.5 Å². The third-order valence-electron chi connectivity index (χ3n) is 4.04. The number of amidine groups is 1. The number of halogens is 1. The zero-order chi connectivity index (χ0) is 24.1. The van der Waals surface area contributed by atoms with Gasteiger partial charge in [0.25, 0.3) is 5.91 Å². The molecule has 170 valence electrons. The Labute approximate surface area is 193 Å². The van der Waals surface area contributed by atoms with Gasteiger partial charge in [0.15, 0.2) is 0 Å². The summed E-state index contributed by atoms with van der Waals surface area (Å²) in [6.45, 7) is 7.61. The van der Waals surface area contributed by atoms with Gasteiger partial charge < -0.3 is 21.1 Å². The second-order valence-corrected chi connectivity index (χ2v) is 6.59. The summed E-state index contributed by atoms with van der Waals surface area (Å²) in [6.07, 6.45) is 6.22. The van der Waals surface area contributed by atoms with Crippen LogP contribution in [0.25, 0.3) is 0 Å². The molecule has 0 saturated carbocycles. The first-order valence-electron chi connectivity index (χ1n) is 9.89. The van der Waals surface area contributed by atoms with Gasteiger partial charge in [0.2, 0.25) is 5.91 Å². The largest absolute Gasteiger partial charge is 0.497 e. The normalized spacial score (nSPS) is 11.0. The van der Waals surface area contributed by atoms with E-state index in [2.05, 4.69) is 22.2 Å². The molecule has 0 fully saturated rings. The van der Waals surface area contributed by atoms with Crippen LogP contribution in [-0.2, 0) is 4.79 Å². The lowest BCUT2D eigenvalue weighted by Gasteiger charge is -2.12. The Balaban J connectivity index is 0.00000249. The molecule has 2 rings (SSSR count). The van der Waals surface area contributed by atoms with Crippen molar-refractivity contribution in [2.75, 3.05) is 17.7 Å². The Morgan fingerprint density at radius 2 is 2.00 bits per heavy atom. The molecule has 8 nitrogen and oxygen atoms in total. The summed E-state index contributed by atoms with van der Waals surface area (Å²) in [4.78, 5) is 29.0. The Morgan fingerprint density at radius 1 is 1.28 bits per heavy atom. The molecular formula is C23H28ClN5O3. The predicted octanol–water partition coefficient (Wildman–Crippen LogP) is 4.65. The van der Waals surface area contributed by atoms with Gasteiger partial charge in [-0.15, -0.1) is 6.58 Å². The molecule has 5 N–H and O–H groups in total. The Bertz CT molecular complexity index is 974. The molecule has 1 aromatic heterocycles. The average molecular weight is 458 g/mol. The molecule has 2 amide bonds. The summed E-state index contributed by atoms with van der Waals surface area (Å²) < 4.78 is 5.18. The van der Waals surface area contributed by atoms with E-state index in [1.807, 2.05) is 13.8 Å². The quantitative estimate of drug-likeness (QED) is 0.188. The Kier molecular flexibility index (Phi) is 11.2. The van der Waals surface area contributed by atoms with E-state index in [0.717, 1.165) is 0 Å². The number of carbonyl (C=O) groups excluding carboxylic acids is 2. The number of pyridine rings is 1. The molecule has 9 heteroatoms. The van der Waals surface area contributed by atoms with Crippen molar-refractivity contribution in [1.82, 2.24) is 4.98 Å². The van der Waals surface area contributed by atoms with Crippen LogP contribution in [0.5, 0.6) is 5.75 Å². The minimum absolute atomic E-state index is 0.0278. The number of nitrogens with zero attached hydrogens (tertiary/aromatic N) is 1. The maximum Gasteiger partial charge on any atom is 0.259 e. The molecule has 32 heavy (non-hydrogen) atoms. The number of carbonyl (C=O) groups is 2. The van der Waals surface area contributed by atoms with Crippen LogP contribution in [0.4, 0.5) is 11.5 Å². The highest BCUT2D eigenvalue weighted by Crippen LogP contribution is 2.23. The van der Waals surface area contributed by atoms with Crippen molar-refractivity contribution in [3.63, 3.8) is 0 Å². The van der Waals surface area contributed by atoms with Gasteiger partial charge in [-0.2, -0.15) is 0 Å². The van der Waals surface area contributed by atoms with Gasteiger partial charge in [-0.1, -0.05) is 37.6 Å². The van der Waals surface area contributed by atoms with Crippen molar-refractivity contribution < 1.29 is 14.3 Å². The summed E-state index contributed by atoms with van der Waals surface area (Å²) in [7, 11) is 1.48. The molecule has 0 aliphatic rings. The molecule has 1 aromatic carbocycles. The molecule has 0 spiro atoms. The highest BCUT2D eigenvalue weighted by molar-refractivity contribution is 6.30. The number of anilines is 2. The highest BCUT2D eigenvalue weighted by atomic mass is 35.5. The number of aromatic nitrogens is 1. The lowest BCUT2D eigenvalue weighted by Crippen LogP contribution is -2.20. The van der Waals surface area contributed by atoms with Crippen molar-refractivity contribution >= 4 is 40.8 Å². The fourth-order valence-electron chi connectivity index (χ4n) is 2.43. The monoisotopic (exact) mass is 457 g/mol. The first kappa shape index (κ1) is 26.4. The standard InChI is InChI=1S/C21H22ClN5O3.C2H6/c1-3-13(20(23)24)5-4-6-19(28)26-17-9-8-15(30-2)11-16(17)21(29)27-18-10-7-14(22)12-25-18;1-2/h3-4,6-13H,1,5H2,2H3,(H3,23,24)(H,26,28)(H,25,27,29);1-2H3/b6-4+;. The number of hydrogen-bond acceptors (Lipinski definition) is 5. The van der Waals surface area contributed by atoms with Gasteiger partial charge in [0, 0.05) is 12.1 Å². The number of nitrogens with one attached hydrogen (secondary N) is 3. The molecule has 1 atom stereocenters. The number of methoxy groups -OCH3 is 1. The lowest BCUT2D eigenvalue weighted by atomic mass is 10.0. The van der Waals surface area contributed by atoms with Crippen LogP contribution in [0.3, 0.4) is 0 Å². The van der Waals surface area contributed by atoms with E-state index in [9.17, 15) is 9.59 Å². The first-order chi connectivity index (χ1) is 15.3. The number of nitrogens with two attached hydrogens (primary N) is 1. The Morgan fingerprint density at radius 3 is 2.56 bits per heavy atom. The summed E-state index contributed by atoms with van der Waals surface area (Å²) in [5.74, 6) is -0.531. The zero-order valence-electron chi connectivity index (χ0n) is 18.3. The summed E-state index contributed by atoms with van der Waals surface area (Å²) >= 11 is 5.81. The van der Waals surface area contributed by atoms with Gasteiger partial charge in [0.1, 0.15) is 11.6 Å². The van der Waals surface area contributed by atoms with E-state index >= 15 is 0 Å². The second kappa shape index (κ2) is 13.6. The van der Waals surface area contributed by atoms with Crippen molar-refractivity contribution in [3.8, 4) is 5.75 Å². The van der Waals surface area contributed by atoms with Crippen molar-refractivity contribution in [2.45, 2.75) is 20.3 Å². The molecule has 0 bridgehead atoms.